The number of amides is 1. The second-order valence-corrected chi connectivity index (χ2v) is 4.25. The summed E-state index contributed by atoms with van der Waals surface area (Å²) in [6, 6.07) is 9.19. The fourth-order valence-electron chi connectivity index (χ4n) is 1.89. The molecule has 1 amide bonds. The number of aliphatic imine (C=N–C) groups is 1. The Bertz CT molecular complexity index is 629. The summed E-state index contributed by atoms with van der Waals surface area (Å²) < 4.78 is 7.00. The molecule has 2 rings (SSSR count). The Hall–Kier alpha value is -2.60. The Morgan fingerprint density at radius 3 is 2.55 bits per heavy atom. The third-order valence-corrected chi connectivity index (χ3v) is 2.67. The van der Waals surface area contributed by atoms with Gasteiger partial charge in [0.2, 0.25) is 0 Å². The molecule has 0 aliphatic rings. The van der Waals surface area contributed by atoms with Crippen LogP contribution in [0.15, 0.2) is 47.7 Å². The fraction of sp³-hybridized carbons (Fsp3) is 0.143. The van der Waals surface area contributed by atoms with E-state index in [4.69, 9.17) is 16.2 Å². The third-order valence-electron chi connectivity index (χ3n) is 2.67. The Morgan fingerprint density at radius 1 is 1.25 bits per heavy atom. The van der Waals surface area contributed by atoms with Crippen molar-refractivity contribution in [2.75, 3.05) is 7.11 Å². The Kier molecular flexibility index (Phi) is 4.17. The summed E-state index contributed by atoms with van der Waals surface area (Å²) in [4.78, 5) is 15.5. The van der Waals surface area contributed by atoms with Crippen LogP contribution in [-0.4, -0.2) is 23.5 Å². The molecule has 1 aromatic carbocycles. The normalized spacial score (nSPS) is 10.2. The Morgan fingerprint density at radius 2 is 1.95 bits per heavy atom. The van der Waals surface area contributed by atoms with Crippen molar-refractivity contribution in [2.45, 2.75) is 6.61 Å². The molecule has 0 spiro atoms. The van der Waals surface area contributed by atoms with E-state index in [-0.39, 0.29) is 5.96 Å². The first-order valence-electron chi connectivity index (χ1n) is 6.00. The number of rotatable bonds is 4. The third kappa shape index (κ3) is 3.24. The quantitative estimate of drug-likeness (QED) is 0.642. The molecule has 6 heteroatoms. The zero-order valence-electron chi connectivity index (χ0n) is 11.1. The van der Waals surface area contributed by atoms with E-state index in [0.29, 0.717) is 12.2 Å². The number of nitrogens with two attached hydrogens (primary N) is 2. The van der Waals surface area contributed by atoms with Gasteiger partial charge >= 0.3 is 0 Å². The van der Waals surface area contributed by atoms with Gasteiger partial charge < -0.3 is 20.8 Å². The average Bonchev–Trinajstić information content (AvgIpc) is 2.92. The zero-order valence-corrected chi connectivity index (χ0v) is 11.1. The molecule has 1 heterocycles. The molecule has 0 radical (unpaired) electrons. The van der Waals surface area contributed by atoms with Crippen molar-refractivity contribution < 1.29 is 9.53 Å². The predicted octanol–water partition coefficient (Wildman–Crippen LogP) is 1.04. The van der Waals surface area contributed by atoms with Crippen molar-refractivity contribution in [2.24, 2.45) is 16.5 Å². The molecule has 104 valence electrons. The van der Waals surface area contributed by atoms with E-state index in [1.165, 1.54) is 0 Å². The van der Waals surface area contributed by atoms with Crippen LogP contribution in [0.5, 0.6) is 0 Å². The number of aromatic nitrogens is 1. The van der Waals surface area contributed by atoms with Crippen LogP contribution in [0.1, 0.15) is 15.9 Å². The monoisotopic (exact) mass is 272 g/mol. The molecule has 0 fully saturated rings. The molecule has 2 aromatic rings. The van der Waals surface area contributed by atoms with Gasteiger partial charge in [0, 0.05) is 30.8 Å². The largest absolute Gasteiger partial charge is 0.380 e. The van der Waals surface area contributed by atoms with Crippen molar-refractivity contribution in [3.8, 4) is 5.69 Å². The summed E-state index contributed by atoms with van der Waals surface area (Å²) in [6.07, 6.45) is 3.78. The van der Waals surface area contributed by atoms with E-state index in [0.717, 1.165) is 11.3 Å². The van der Waals surface area contributed by atoms with Gasteiger partial charge in [-0.1, -0.05) is 0 Å². The van der Waals surface area contributed by atoms with Crippen LogP contribution in [0.4, 0.5) is 0 Å². The molecule has 20 heavy (non-hydrogen) atoms. The SMILES string of the molecule is COCc1cc(C(=O)N=C(N)N)cc(-n2cccc2)c1. The first-order valence-corrected chi connectivity index (χ1v) is 6.00. The van der Waals surface area contributed by atoms with Gasteiger partial charge in [-0.3, -0.25) is 4.79 Å². The lowest BCUT2D eigenvalue weighted by Crippen LogP contribution is -2.24. The number of methoxy groups -OCH3 is 1. The van der Waals surface area contributed by atoms with Crippen molar-refractivity contribution in [1.82, 2.24) is 4.57 Å². The summed E-state index contributed by atoms with van der Waals surface area (Å²) in [5.74, 6) is -0.731. The molecule has 0 unspecified atom stereocenters. The van der Waals surface area contributed by atoms with Crippen LogP contribution in [0.25, 0.3) is 5.69 Å². The minimum absolute atomic E-state index is 0.255. The molecule has 0 saturated heterocycles. The van der Waals surface area contributed by atoms with Crippen LogP contribution in [-0.2, 0) is 11.3 Å². The number of carbonyl (C=O) groups excluding carboxylic acids is 1. The summed E-state index contributed by atoms with van der Waals surface area (Å²) in [6.45, 7) is 0.400. The van der Waals surface area contributed by atoms with Crippen molar-refractivity contribution in [3.63, 3.8) is 0 Å². The lowest BCUT2D eigenvalue weighted by atomic mass is 10.1. The van der Waals surface area contributed by atoms with E-state index in [1.54, 1.807) is 19.2 Å². The Labute approximate surface area is 116 Å². The van der Waals surface area contributed by atoms with Crippen LogP contribution in [0.3, 0.4) is 0 Å². The van der Waals surface area contributed by atoms with E-state index in [9.17, 15) is 4.79 Å². The maximum absolute atomic E-state index is 11.9. The van der Waals surface area contributed by atoms with Gasteiger partial charge in [0.05, 0.1) is 6.61 Å². The second-order valence-electron chi connectivity index (χ2n) is 4.25. The van der Waals surface area contributed by atoms with Crippen molar-refractivity contribution in [1.29, 1.82) is 0 Å². The standard InChI is InChI=1S/C14H16N4O2/c1-20-9-10-6-11(13(19)17-14(15)16)8-12(7-10)18-4-2-3-5-18/h2-8H,9H2,1H3,(H4,15,16,17,19). The van der Waals surface area contributed by atoms with Gasteiger partial charge in [0.1, 0.15) is 0 Å². The highest BCUT2D eigenvalue weighted by Gasteiger charge is 2.09. The minimum Gasteiger partial charge on any atom is -0.380 e. The van der Waals surface area contributed by atoms with E-state index >= 15 is 0 Å². The van der Waals surface area contributed by atoms with Crippen LogP contribution < -0.4 is 11.5 Å². The van der Waals surface area contributed by atoms with Gasteiger partial charge in [-0.15, -0.1) is 0 Å². The molecular formula is C14H16N4O2. The molecule has 0 saturated carbocycles. The lowest BCUT2D eigenvalue weighted by molar-refractivity contribution is 0.100. The average molecular weight is 272 g/mol. The van der Waals surface area contributed by atoms with E-state index < -0.39 is 5.91 Å². The number of ether oxygens (including phenoxy) is 1. The molecule has 0 aliphatic carbocycles. The van der Waals surface area contributed by atoms with Gasteiger partial charge in [-0.2, -0.15) is 4.99 Å². The number of nitrogens with zero attached hydrogens (tertiary/aromatic N) is 2. The lowest BCUT2D eigenvalue weighted by Gasteiger charge is -2.09. The minimum atomic E-state index is -0.476. The van der Waals surface area contributed by atoms with Gasteiger partial charge in [0.25, 0.3) is 5.91 Å². The fourth-order valence-corrected chi connectivity index (χ4v) is 1.89. The van der Waals surface area contributed by atoms with Crippen LogP contribution >= 0.6 is 0 Å². The summed E-state index contributed by atoms with van der Waals surface area (Å²) in [5.41, 5.74) is 12.6. The first kappa shape index (κ1) is 13.8. The van der Waals surface area contributed by atoms with Crippen molar-refractivity contribution in [3.05, 3.63) is 53.9 Å². The second kappa shape index (κ2) is 6.03. The number of carbonyl (C=O) groups is 1. The number of hydrogen-bond donors (Lipinski definition) is 2. The summed E-state index contributed by atoms with van der Waals surface area (Å²) >= 11 is 0. The summed E-state index contributed by atoms with van der Waals surface area (Å²) in [5, 5.41) is 0. The number of hydrogen-bond acceptors (Lipinski definition) is 2. The van der Waals surface area contributed by atoms with Crippen LogP contribution in [0, 0.1) is 0 Å². The molecule has 0 aliphatic heterocycles. The molecule has 4 N–H and O–H groups in total. The molecular weight excluding hydrogens is 256 g/mol. The maximum atomic E-state index is 11.9. The smallest absolute Gasteiger partial charge is 0.280 e. The summed E-state index contributed by atoms with van der Waals surface area (Å²) in [7, 11) is 1.60. The highest BCUT2D eigenvalue weighted by Crippen LogP contribution is 2.16. The highest BCUT2D eigenvalue weighted by atomic mass is 16.5. The zero-order chi connectivity index (χ0) is 14.5. The van der Waals surface area contributed by atoms with Gasteiger partial charge in [-0.05, 0) is 35.9 Å². The van der Waals surface area contributed by atoms with Gasteiger partial charge in [-0.25, -0.2) is 0 Å². The number of benzene rings is 1. The van der Waals surface area contributed by atoms with Crippen molar-refractivity contribution >= 4 is 11.9 Å². The molecule has 0 atom stereocenters. The maximum Gasteiger partial charge on any atom is 0.280 e. The van der Waals surface area contributed by atoms with E-state index in [1.807, 2.05) is 35.2 Å². The van der Waals surface area contributed by atoms with Crippen LogP contribution in [0.2, 0.25) is 0 Å². The molecule has 0 bridgehead atoms. The van der Waals surface area contributed by atoms with E-state index in [2.05, 4.69) is 4.99 Å². The Balaban J connectivity index is 2.46. The molecule has 1 aromatic heterocycles. The molecule has 6 nitrogen and oxygen atoms in total. The first-order chi connectivity index (χ1) is 9.60. The predicted molar refractivity (Wildman–Crippen MR) is 76.6 cm³/mol. The topological polar surface area (TPSA) is 95.6 Å². The number of guanidine groups is 1. The highest BCUT2D eigenvalue weighted by molar-refractivity contribution is 6.02. The van der Waals surface area contributed by atoms with Gasteiger partial charge in [0.15, 0.2) is 5.96 Å².